The number of benzene rings is 1. The van der Waals surface area contributed by atoms with Crippen molar-refractivity contribution < 1.29 is 0 Å². The molecule has 0 amide bonds. The normalized spacial score (nSPS) is 19.6. The number of thioether (sulfide) groups is 1. The molecular formula is C15H21S. The zero-order valence-corrected chi connectivity index (χ0v) is 10.9. The van der Waals surface area contributed by atoms with E-state index in [9.17, 15) is 0 Å². The van der Waals surface area contributed by atoms with Crippen LogP contribution in [0.15, 0.2) is 24.3 Å². The van der Waals surface area contributed by atoms with Crippen molar-refractivity contribution in [2.24, 2.45) is 0 Å². The third-order valence-electron chi connectivity index (χ3n) is 3.40. The topological polar surface area (TPSA) is 0 Å². The van der Waals surface area contributed by atoms with Crippen LogP contribution in [0.2, 0.25) is 0 Å². The molecule has 0 N–H and O–H groups in total. The second-order valence-corrected chi connectivity index (χ2v) is 6.13. The molecule has 0 spiro atoms. The van der Waals surface area contributed by atoms with Gasteiger partial charge in [-0.1, -0.05) is 50.5 Å². The van der Waals surface area contributed by atoms with Gasteiger partial charge in [-0.3, -0.25) is 0 Å². The number of hydrogen-bond acceptors (Lipinski definition) is 1. The summed E-state index contributed by atoms with van der Waals surface area (Å²) in [5, 5.41) is 1.60. The largest absolute Gasteiger partial charge is 0.150 e. The second-order valence-electron chi connectivity index (χ2n) is 4.63. The highest BCUT2D eigenvalue weighted by atomic mass is 32.2. The monoisotopic (exact) mass is 233 g/mol. The molecule has 1 aliphatic carbocycles. The summed E-state index contributed by atoms with van der Waals surface area (Å²) in [6.07, 6.45) is 8.44. The standard InChI is InChI=1S/C15H21S/c1-2-15(13-9-5-3-6-10-13)16-14-11-7-4-8-12-14/h5-6,9-10,14-15H,2,4,7-8,11-12H2,1H3. The molecule has 16 heavy (non-hydrogen) atoms. The first-order valence-corrected chi connectivity index (χ1v) is 7.46. The Kier molecular flexibility index (Phi) is 4.77. The molecule has 1 aliphatic rings. The van der Waals surface area contributed by atoms with Gasteiger partial charge in [0.25, 0.3) is 0 Å². The Balaban J connectivity index is 1.94. The zero-order chi connectivity index (χ0) is 11.2. The average Bonchev–Trinajstić information content (AvgIpc) is 2.38. The molecule has 1 radical (unpaired) electrons. The van der Waals surface area contributed by atoms with E-state index >= 15 is 0 Å². The van der Waals surface area contributed by atoms with Gasteiger partial charge >= 0.3 is 0 Å². The van der Waals surface area contributed by atoms with Gasteiger partial charge in [0, 0.05) is 10.5 Å². The molecular weight excluding hydrogens is 212 g/mol. The first-order chi connectivity index (χ1) is 7.90. The van der Waals surface area contributed by atoms with Gasteiger partial charge in [0.15, 0.2) is 0 Å². The maximum absolute atomic E-state index is 3.11. The van der Waals surface area contributed by atoms with Crippen LogP contribution in [0.5, 0.6) is 0 Å². The van der Waals surface area contributed by atoms with E-state index in [-0.39, 0.29) is 0 Å². The highest BCUT2D eigenvalue weighted by Crippen LogP contribution is 2.40. The lowest BCUT2D eigenvalue weighted by molar-refractivity contribution is 0.514. The first kappa shape index (κ1) is 12.0. The number of rotatable bonds is 4. The first-order valence-electron chi connectivity index (χ1n) is 6.51. The molecule has 1 aromatic carbocycles. The van der Waals surface area contributed by atoms with E-state index in [2.05, 4.69) is 36.9 Å². The van der Waals surface area contributed by atoms with Gasteiger partial charge in [-0.15, -0.1) is 0 Å². The van der Waals surface area contributed by atoms with Gasteiger partial charge in [-0.05, 0) is 30.9 Å². The molecule has 1 heteroatoms. The van der Waals surface area contributed by atoms with Gasteiger partial charge in [0.1, 0.15) is 0 Å². The Labute approximate surface area is 104 Å². The van der Waals surface area contributed by atoms with Gasteiger partial charge < -0.3 is 0 Å². The van der Waals surface area contributed by atoms with Crippen molar-refractivity contribution in [2.75, 3.05) is 0 Å². The van der Waals surface area contributed by atoms with Crippen molar-refractivity contribution >= 4 is 11.8 Å². The Morgan fingerprint density at radius 1 is 1.25 bits per heavy atom. The lowest BCUT2D eigenvalue weighted by Gasteiger charge is -2.25. The van der Waals surface area contributed by atoms with Crippen molar-refractivity contribution in [3.8, 4) is 0 Å². The van der Waals surface area contributed by atoms with Crippen LogP contribution in [0.4, 0.5) is 0 Å². The molecule has 87 valence electrons. The number of hydrogen-bond donors (Lipinski definition) is 0. The summed E-state index contributed by atoms with van der Waals surface area (Å²) in [7, 11) is 0. The summed E-state index contributed by atoms with van der Waals surface area (Å²) in [5.74, 6) is 0. The Morgan fingerprint density at radius 3 is 2.56 bits per heavy atom. The fraction of sp³-hybridized carbons (Fsp3) is 0.600. The second kappa shape index (κ2) is 6.34. The van der Waals surface area contributed by atoms with Gasteiger partial charge in [-0.2, -0.15) is 11.8 Å². The minimum absolute atomic E-state index is 0.692. The molecule has 1 fully saturated rings. The molecule has 1 aromatic rings. The molecule has 0 nitrogen and oxygen atoms in total. The Morgan fingerprint density at radius 2 is 1.94 bits per heavy atom. The van der Waals surface area contributed by atoms with Crippen LogP contribution >= 0.6 is 11.8 Å². The highest BCUT2D eigenvalue weighted by Gasteiger charge is 2.19. The Bertz CT molecular complexity index is 288. The predicted octanol–water partition coefficient (Wildman–Crippen LogP) is 5.00. The Hall–Kier alpha value is -0.430. The minimum Gasteiger partial charge on any atom is -0.150 e. The van der Waals surface area contributed by atoms with Crippen LogP contribution in [0.1, 0.15) is 56.3 Å². The van der Waals surface area contributed by atoms with Crippen LogP contribution in [-0.4, -0.2) is 5.25 Å². The van der Waals surface area contributed by atoms with Crippen LogP contribution in [0, 0.1) is 6.07 Å². The molecule has 0 bridgehead atoms. The fourth-order valence-corrected chi connectivity index (χ4v) is 4.04. The van der Waals surface area contributed by atoms with E-state index < -0.39 is 0 Å². The fourth-order valence-electron chi connectivity index (χ4n) is 2.46. The summed E-state index contributed by atoms with van der Waals surface area (Å²) in [6, 6.07) is 11.6. The van der Waals surface area contributed by atoms with Crippen molar-refractivity contribution in [3.05, 3.63) is 35.9 Å². The molecule has 1 unspecified atom stereocenters. The van der Waals surface area contributed by atoms with Crippen LogP contribution in [-0.2, 0) is 0 Å². The lowest BCUT2D eigenvalue weighted by atomic mass is 10.0. The SMILES string of the molecule is CCC(SC1CCCCC1)c1cc[c]cc1. The third kappa shape index (κ3) is 3.28. The van der Waals surface area contributed by atoms with Gasteiger partial charge in [0.05, 0.1) is 0 Å². The summed E-state index contributed by atoms with van der Waals surface area (Å²) in [6.45, 7) is 2.30. The van der Waals surface area contributed by atoms with E-state index in [0.29, 0.717) is 5.25 Å². The van der Waals surface area contributed by atoms with E-state index in [1.807, 2.05) is 12.1 Å². The lowest BCUT2D eigenvalue weighted by Crippen LogP contribution is -2.10. The van der Waals surface area contributed by atoms with Gasteiger partial charge in [-0.25, -0.2) is 0 Å². The molecule has 1 atom stereocenters. The van der Waals surface area contributed by atoms with E-state index in [0.717, 1.165) is 5.25 Å². The van der Waals surface area contributed by atoms with E-state index in [1.165, 1.54) is 44.1 Å². The molecule has 0 aliphatic heterocycles. The summed E-state index contributed by atoms with van der Waals surface area (Å²) >= 11 is 2.20. The van der Waals surface area contributed by atoms with E-state index in [1.54, 1.807) is 0 Å². The van der Waals surface area contributed by atoms with Crippen molar-refractivity contribution in [1.29, 1.82) is 0 Å². The quantitative estimate of drug-likeness (QED) is 0.705. The molecule has 2 rings (SSSR count). The van der Waals surface area contributed by atoms with Crippen LogP contribution < -0.4 is 0 Å². The average molecular weight is 233 g/mol. The highest BCUT2D eigenvalue weighted by molar-refractivity contribution is 8.00. The maximum atomic E-state index is 3.11. The molecule has 0 saturated heterocycles. The van der Waals surface area contributed by atoms with Crippen LogP contribution in [0.25, 0.3) is 0 Å². The minimum atomic E-state index is 0.692. The van der Waals surface area contributed by atoms with Crippen molar-refractivity contribution in [1.82, 2.24) is 0 Å². The zero-order valence-electron chi connectivity index (χ0n) is 10.1. The van der Waals surface area contributed by atoms with Crippen LogP contribution in [0.3, 0.4) is 0 Å². The van der Waals surface area contributed by atoms with Crippen molar-refractivity contribution in [3.63, 3.8) is 0 Å². The molecule has 0 heterocycles. The third-order valence-corrected chi connectivity index (χ3v) is 5.19. The van der Waals surface area contributed by atoms with Gasteiger partial charge in [0.2, 0.25) is 0 Å². The summed E-state index contributed by atoms with van der Waals surface area (Å²) in [5.41, 5.74) is 1.48. The molecule has 0 aromatic heterocycles. The van der Waals surface area contributed by atoms with E-state index in [4.69, 9.17) is 0 Å². The van der Waals surface area contributed by atoms with Crippen molar-refractivity contribution in [2.45, 2.75) is 55.9 Å². The summed E-state index contributed by atoms with van der Waals surface area (Å²) < 4.78 is 0. The maximum Gasteiger partial charge on any atom is 0.0297 e. The molecule has 1 saturated carbocycles. The summed E-state index contributed by atoms with van der Waals surface area (Å²) in [4.78, 5) is 0. The smallest absolute Gasteiger partial charge is 0.0297 e. The predicted molar refractivity (Wildman–Crippen MR) is 72.8 cm³/mol.